The number of carboxylic acid groups (broad SMARTS) is 2. The van der Waals surface area contributed by atoms with Crippen molar-refractivity contribution in [1.29, 1.82) is 0 Å². The van der Waals surface area contributed by atoms with Crippen molar-refractivity contribution in [2.75, 3.05) is 26.2 Å². The van der Waals surface area contributed by atoms with E-state index in [-0.39, 0.29) is 12.4 Å². The highest BCUT2D eigenvalue weighted by atomic mass is 16.5. The van der Waals surface area contributed by atoms with E-state index < -0.39 is 17.4 Å². The minimum Gasteiger partial charge on any atom is -0.473 e. The van der Waals surface area contributed by atoms with Crippen molar-refractivity contribution in [2.24, 2.45) is 0 Å². The molecule has 1 aliphatic rings. The van der Waals surface area contributed by atoms with E-state index in [4.69, 9.17) is 24.5 Å². The molecular weight excluding hydrogens is 482 g/mol. The van der Waals surface area contributed by atoms with E-state index in [1.807, 2.05) is 54.6 Å². The smallest absolute Gasteiger partial charge is 0.414 e. The largest absolute Gasteiger partial charge is 0.473 e. The van der Waals surface area contributed by atoms with Crippen molar-refractivity contribution in [3.63, 3.8) is 0 Å². The molecule has 2 N–H and O–H groups in total. The summed E-state index contributed by atoms with van der Waals surface area (Å²) >= 11 is 0. The van der Waals surface area contributed by atoms with Crippen LogP contribution >= 0.6 is 0 Å². The number of carbonyl (C=O) groups excluding carboxylic acids is 1. The number of carbonyl (C=O) groups is 3. The molecule has 0 radical (unpaired) electrons. The van der Waals surface area contributed by atoms with E-state index in [9.17, 15) is 4.79 Å². The molecular formula is C31H35NO6. The van der Waals surface area contributed by atoms with Gasteiger partial charge in [-0.25, -0.2) is 9.59 Å². The molecule has 0 bridgehead atoms. The summed E-state index contributed by atoms with van der Waals surface area (Å²) in [6.45, 7) is 3.49. The fraction of sp³-hybridized carbons (Fsp3) is 0.323. The van der Waals surface area contributed by atoms with Gasteiger partial charge in [0.15, 0.2) is 0 Å². The summed E-state index contributed by atoms with van der Waals surface area (Å²) in [5.74, 6) is -3.80. The van der Waals surface area contributed by atoms with E-state index in [2.05, 4.69) is 41.3 Å². The topological polar surface area (TPSA) is 104 Å². The van der Waals surface area contributed by atoms with Crippen LogP contribution in [0, 0.1) is 0 Å². The highest BCUT2D eigenvalue weighted by Crippen LogP contribution is 2.42. The Balaban J connectivity index is 0.000000599. The average Bonchev–Trinajstić information content (AvgIpc) is 3.22. The normalized spacial score (nSPS) is 13.9. The first-order valence-electron chi connectivity index (χ1n) is 12.9. The number of nitrogens with zero attached hydrogens (tertiary/aromatic N) is 1. The molecule has 3 aromatic rings. The van der Waals surface area contributed by atoms with Gasteiger partial charge in [0.2, 0.25) is 0 Å². The Bertz CT molecular complexity index is 1030. The second kappa shape index (κ2) is 14.7. The Labute approximate surface area is 223 Å². The van der Waals surface area contributed by atoms with Gasteiger partial charge >= 0.3 is 17.9 Å². The minimum atomic E-state index is -1.82. The SMILES string of the molecule is O=C(CC(c1ccccc1)(c1ccccc1)c1ccccc1)OCCN1CCCCCC1.O=C(O)C(=O)O. The van der Waals surface area contributed by atoms with Crippen LogP contribution in [0.5, 0.6) is 0 Å². The number of rotatable bonds is 8. The number of ether oxygens (including phenoxy) is 1. The zero-order chi connectivity index (χ0) is 27.2. The Morgan fingerprint density at radius 2 is 1.05 bits per heavy atom. The van der Waals surface area contributed by atoms with Gasteiger partial charge < -0.3 is 14.9 Å². The Morgan fingerprint density at radius 3 is 1.42 bits per heavy atom. The van der Waals surface area contributed by atoms with Gasteiger partial charge in [0.05, 0.1) is 11.8 Å². The van der Waals surface area contributed by atoms with Crippen LogP contribution in [0.4, 0.5) is 0 Å². The molecule has 0 unspecified atom stereocenters. The third kappa shape index (κ3) is 8.02. The summed E-state index contributed by atoms with van der Waals surface area (Å²) in [6.07, 6.45) is 5.37. The lowest BCUT2D eigenvalue weighted by Gasteiger charge is -2.35. The Kier molecular flexibility index (Phi) is 11.1. The molecule has 0 spiro atoms. The summed E-state index contributed by atoms with van der Waals surface area (Å²) in [7, 11) is 0. The highest BCUT2D eigenvalue weighted by Gasteiger charge is 2.39. The number of benzene rings is 3. The van der Waals surface area contributed by atoms with Gasteiger partial charge in [-0.15, -0.1) is 0 Å². The number of aliphatic carboxylic acids is 2. The lowest BCUT2D eigenvalue weighted by Crippen LogP contribution is -2.34. The molecule has 1 fully saturated rings. The Hall–Kier alpha value is -3.97. The molecule has 1 heterocycles. The Morgan fingerprint density at radius 1 is 0.658 bits per heavy atom. The lowest BCUT2D eigenvalue weighted by atomic mass is 9.67. The average molecular weight is 518 g/mol. The molecule has 0 aromatic heterocycles. The number of likely N-dealkylation sites (tertiary alicyclic amines) is 1. The molecule has 3 aromatic carbocycles. The van der Waals surface area contributed by atoms with E-state index >= 15 is 0 Å². The van der Waals surface area contributed by atoms with Crippen LogP contribution in [-0.4, -0.2) is 59.3 Å². The van der Waals surface area contributed by atoms with E-state index in [1.54, 1.807) is 0 Å². The molecule has 1 aliphatic heterocycles. The molecule has 38 heavy (non-hydrogen) atoms. The maximum Gasteiger partial charge on any atom is 0.414 e. The second-order valence-electron chi connectivity index (χ2n) is 9.27. The van der Waals surface area contributed by atoms with E-state index in [0.29, 0.717) is 6.61 Å². The lowest BCUT2D eigenvalue weighted by molar-refractivity contribution is -0.159. The predicted molar refractivity (Wildman–Crippen MR) is 145 cm³/mol. The molecule has 200 valence electrons. The highest BCUT2D eigenvalue weighted by molar-refractivity contribution is 6.27. The van der Waals surface area contributed by atoms with Crippen molar-refractivity contribution in [3.05, 3.63) is 108 Å². The van der Waals surface area contributed by atoms with E-state index in [1.165, 1.54) is 25.7 Å². The number of esters is 1. The molecule has 1 saturated heterocycles. The minimum absolute atomic E-state index is 0.156. The first-order valence-corrected chi connectivity index (χ1v) is 12.9. The van der Waals surface area contributed by atoms with Crippen LogP contribution in [0.25, 0.3) is 0 Å². The number of hydrogen-bond acceptors (Lipinski definition) is 5. The van der Waals surface area contributed by atoms with Gasteiger partial charge in [-0.05, 0) is 42.6 Å². The van der Waals surface area contributed by atoms with Crippen molar-refractivity contribution >= 4 is 17.9 Å². The predicted octanol–water partition coefficient (Wildman–Crippen LogP) is 4.99. The van der Waals surface area contributed by atoms with E-state index in [0.717, 1.165) is 36.3 Å². The summed E-state index contributed by atoms with van der Waals surface area (Å²) in [5, 5.41) is 14.8. The molecule has 7 nitrogen and oxygen atoms in total. The summed E-state index contributed by atoms with van der Waals surface area (Å²) in [5.41, 5.74) is 2.70. The van der Waals surface area contributed by atoms with Crippen LogP contribution in [0.2, 0.25) is 0 Å². The number of carboxylic acids is 2. The molecule has 4 rings (SSSR count). The van der Waals surface area contributed by atoms with Crippen molar-refractivity contribution in [2.45, 2.75) is 37.5 Å². The maximum atomic E-state index is 13.2. The van der Waals surface area contributed by atoms with Gasteiger partial charge in [-0.1, -0.05) is 104 Å². The van der Waals surface area contributed by atoms with Crippen molar-refractivity contribution < 1.29 is 29.3 Å². The standard InChI is InChI=1S/C29H33NO2.C2H2O4/c31-28(32-23-22-30-20-12-1-2-13-21-30)24-29(25-14-6-3-7-15-25,26-16-8-4-9-17-26)27-18-10-5-11-19-27;3-1(4)2(5)6/h3-11,14-19H,1-2,12-13,20-24H2;(H,3,4)(H,5,6). The van der Waals surface area contributed by atoms with Crippen LogP contribution in [0.1, 0.15) is 48.8 Å². The molecule has 7 heteroatoms. The fourth-order valence-corrected chi connectivity index (χ4v) is 4.89. The molecule has 0 aliphatic carbocycles. The fourth-order valence-electron chi connectivity index (χ4n) is 4.89. The first-order chi connectivity index (χ1) is 18.4. The molecule has 0 saturated carbocycles. The van der Waals surface area contributed by atoms with Crippen LogP contribution in [0.3, 0.4) is 0 Å². The summed E-state index contributed by atoms with van der Waals surface area (Å²) in [6, 6.07) is 31.0. The molecule has 0 atom stereocenters. The van der Waals surface area contributed by atoms with Gasteiger partial charge in [0.1, 0.15) is 6.61 Å². The zero-order valence-electron chi connectivity index (χ0n) is 21.5. The second-order valence-corrected chi connectivity index (χ2v) is 9.27. The maximum absolute atomic E-state index is 13.2. The van der Waals surface area contributed by atoms with Crippen molar-refractivity contribution in [1.82, 2.24) is 4.90 Å². The molecule has 0 amide bonds. The summed E-state index contributed by atoms with van der Waals surface area (Å²) < 4.78 is 5.82. The monoisotopic (exact) mass is 517 g/mol. The zero-order valence-corrected chi connectivity index (χ0v) is 21.5. The third-order valence-corrected chi connectivity index (χ3v) is 6.76. The van der Waals surface area contributed by atoms with Crippen LogP contribution < -0.4 is 0 Å². The summed E-state index contributed by atoms with van der Waals surface area (Å²) in [4.78, 5) is 33.9. The van der Waals surface area contributed by atoms with Gasteiger partial charge in [0, 0.05) is 6.54 Å². The van der Waals surface area contributed by atoms with Crippen LogP contribution in [0.15, 0.2) is 91.0 Å². The quantitative estimate of drug-likeness (QED) is 0.247. The van der Waals surface area contributed by atoms with Crippen LogP contribution in [-0.2, 0) is 24.5 Å². The van der Waals surface area contributed by atoms with Gasteiger partial charge in [0.25, 0.3) is 0 Å². The van der Waals surface area contributed by atoms with Gasteiger partial charge in [-0.3, -0.25) is 9.69 Å². The van der Waals surface area contributed by atoms with Crippen molar-refractivity contribution in [3.8, 4) is 0 Å². The first kappa shape index (κ1) is 28.6. The van der Waals surface area contributed by atoms with Gasteiger partial charge in [-0.2, -0.15) is 0 Å². The number of hydrogen-bond donors (Lipinski definition) is 2. The third-order valence-electron chi connectivity index (χ3n) is 6.76.